The minimum Gasteiger partial charge on any atom is -0.461 e. The van der Waals surface area contributed by atoms with Crippen molar-refractivity contribution in [2.24, 2.45) is 11.5 Å². The van der Waals surface area contributed by atoms with Gasteiger partial charge in [0.1, 0.15) is 12.7 Å². The quantitative estimate of drug-likeness (QED) is 0.505. The van der Waals surface area contributed by atoms with E-state index in [1.165, 1.54) is 0 Å². The summed E-state index contributed by atoms with van der Waals surface area (Å²) in [4.78, 5) is 21.2. The number of esters is 2. The lowest BCUT2D eigenvalue weighted by Crippen LogP contribution is -2.27. The average Bonchev–Trinajstić information content (AvgIpc) is 2.13. The first kappa shape index (κ1) is 11.9. The Kier molecular flexibility index (Phi) is 5.82. The van der Waals surface area contributed by atoms with Gasteiger partial charge in [0, 0.05) is 0 Å². The molecule has 0 radical (unpaired) electrons. The Morgan fingerprint density at radius 2 is 1.77 bits per heavy atom. The minimum atomic E-state index is -0.532. The fraction of sp³-hybridized carbons (Fsp3) is 0.714. The maximum atomic E-state index is 10.6. The van der Waals surface area contributed by atoms with Crippen LogP contribution in [0.1, 0.15) is 6.92 Å². The smallest absolute Gasteiger partial charge is 0.320 e. The summed E-state index contributed by atoms with van der Waals surface area (Å²) in [6, 6.07) is 0. The Labute approximate surface area is 76.2 Å². The zero-order chi connectivity index (χ0) is 10.3. The van der Waals surface area contributed by atoms with Crippen LogP contribution in [0.3, 0.4) is 0 Å². The molecule has 0 heterocycles. The van der Waals surface area contributed by atoms with Gasteiger partial charge in [-0.15, -0.1) is 0 Å². The molecule has 4 N–H and O–H groups in total. The second kappa shape index (κ2) is 6.38. The maximum Gasteiger partial charge on any atom is 0.320 e. The molecular formula is C7H14N2O4. The fourth-order valence-electron chi connectivity index (χ4n) is 0.576. The van der Waals surface area contributed by atoms with Crippen molar-refractivity contribution < 1.29 is 19.1 Å². The van der Waals surface area contributed by atoms with Crippen LogP contribution in [0.2, 0.25) is 0 Å². The van der Waals surface area contributed by atoms with E-state index in [0.29, 0.717) is 0 Å². The molecule has 0 spiro atoms. The molecule has 0 aliphatic heterocycles. The molecule has 0 amide bonds. The number of hydrogen-bond donors (Lipinski definition) is 2. The third-order valence-corrected chi connectivity index (χ3v) is 1.14. The Morgan fingerprint density at radius 1 is 1.23 bits per heavy atom. The summed E-state index contributed by atoms with van der Waals surface area (Å²) < 4.78 is 9.33. The summed E-state index contributed by atoms with van der Waals surface area (Å²) in [7, 11) is 0. The largest absolute Gasteiger partial charge is 0.461 e. The highest BCUT2D eigenvalue weighted by Gasteiger charge is 2.09. The van der Waals surface area contributed by atoms with E-state index in [1.54, 1.807) is 6.92 Å². The molecule has 0 aromatic rings. The Morgan fingerprint density at radius 3 is 2.23 bits per heavy atom. The van der Waals surface area contributed by atoms with Crippen LogP contribution < -0.4 is 11.5 Å². The van der Waals surface area contributed by atoms with Crippen LogP contribution in [-0.2, 0) is 19.1 Å². The van der Waals surface area contributed by atoms with Gasteiger partial charge in [0.2, 0.25) is 0 Å². The van der Waals surface area contributed by atoms with Gasteiger partial charge in [0.25, 0.3) is 0 Å². The van der Waals surface area contributed by atoms with Gasteiger partial charge in [0.05, 0.1) is 13.1 Å². The van der Waals surface area contributed by atoms with Crippen LogP contribution in [0.25, 0.3) is 0 Å². The minimum absolute atomic E-state index is 0.00176. The first-order valence-corrected chi connectivity index (χ1v) is 3.85. The van der Waals surface area contributed by atoms with Crippen molar-refractivity contribution in [3.8, 4) is 0 Å². The van der Waals surface area contributed by atoms with E-state index in [-0.39, 0.29) is 19.7 Å². The zero-order valence-electron chi connectivity index (χ0n) is 7.49. The second-order valence-electron chi connectivity index (χ2n) is 2.39. The normalized spacial score (nSPS) is 11.9. The van der Waals surface area contributed by atoms with Gasteiger partial charge in [-0.2, -0.15) is 0 Å². The van der Waals surface area contributed by atoms with E-state index in [1.807, 2.05) is 0 Å². The molecule has 13 heavy (non-hydrogen) atoms. The SMILES string of the molecule is CC(COC(=O)CN)OC(=O)CN. The van der Waals surface area contributed by atoms with Crippen molar-refractivity contribution in [3.05, 3.63) is 0 Å². The topological polar surface area (TPSA) is 105 Å². The molecule has 0 aromatic heterocycles. The predicted molar refractivity (Wildman–Crippen MR) is 44.6 cm³/mol. The molecule has 0 aromatic carbocycles. The molecule has 0 rings (SSSR count). The monoisotopic (exact) mass is 190 g/mol. The average molecular weight is 190 g/mol. The first-order chi connectivity index (χ1) is 6.10. The zero-order valence-corrected chi connectivity index (χ0v) is 7.49. The number of carbonyl (C=O) groups excluding carboxylic acids is 2. The Hall–Kier alpha value is -1.14. The Balaban J connectivity index is 3.56. The maximum absolute atomic E-state index is 10.6. The molecule has 0 saturated carbocycles. The highest BCUT2D eigenvalue weighted by molar-refractivity contribution is 5.72. The lowest BCUT2D eigenvalue weighted by molar-refractivity contribution is -0.156. The van der Waals surface area contributed by atoms with Crippen molar-refractivity contribution in [1.29, 1.82) is 0 Å². The highest BCUT2D eigenvalue weighted by atomic mass is 16.6. The summed E-state index contributed by atoms with van der Waals surface area (Å²) in [5, 5.41) is 0. The highest BCUT2D eigenvalue weighted by Crippen LogP contribution is 1.92. The second-order valence-corrected chi connectivity index (χ2v) is 2.39. The van der Waals surface area contributed by atoms with E-state index in [2.05, 4.69) is 4.74 Å². The van der Waals surface area contributed by atoms with Crippen molar-refractivity contribution in [2.45, 2.75) is 13.0 Å². The molecule has 6 nitrogen and oxygen atoms in total. The van der Waals surface area contributed by atoms with Crippen molar-refractivity contribution in [2.75, 3.05) is 19.7 Å². The molecule has 6 heteroatoms. The van der Waals surface area contributed by atoms with Crippen molar-refractivity contribution in [3.63, 3.8) is 0 Å². The lowest BCUT2D eigenvalue weighted by Gasteiger charge is -2.12. The first-order valence-electron chi connectivity index (χ1n) is 3.85. The molecule has 0 saturated heterocycles. The van der Waals surface area contributed by atoms with Crippen LogP contribution in [-0.4, -0.2) is 37.7 Å². The van der Waals surface area contributed by atoms with Crippen LogP contribution >= 0.6 is 0 Å². The Bertz CT molecular complexity index is 183. The third kappa shape index (κ3) is 6.06. The van der Waals surface area contributed by atoms with Crippen LogP contribution in [0.5, 0.6) is 0 Å². The van der Waals surface area contributed by atoms with E-state index >= 15 is 0 Å². The van der Waals surface area contributed by atoms with Crippen LogP contribution in [0.15, 0.2) is 0 Å². The summed E-state index contributed by atoms with van der Waals surface area (Å²) in [5.41, 5.74) is 9.98. The lowest BCUT2D eigenvalue weighted by atomic mass is 10.4. The van der Waals surface area contributed by atoms with E-state index in [0.717, 1.165) is 0 Å². The number of rotatable bonds is 5. The van der Waals surface area contributed by atoms with Gasteiger partial charge in [-0.3, -0.25) is 9.59 Å². The summed E-state index contributed by atoms with van der Waals surface area (Å²) in [6.07, 6.45) is -0.494. The van der Waals surface area contributed by atoms with Crippen LogP contribution in [0, 0.1) is 0 Å². The molecule has 0 aliphatic rings. The number of nitrogens with two attached hydrogens (primary N) is 2. The molecular weight excluding hydrogens is 176 g/mol. The van der Waals surface area contributed by atoms with Gasteiger partial charge in [0.15, 0.2) is 0 Å². The molecule has 76 valence electrons. The van der Waals surface area contributed by atoms with Gasteiger partial charge < -0.3 is 20.9 Å². The molecule has 0 fully saturated rings. The molecule has 1 atom stereocenters. The standard InChI is InChI=1S/C7H14N2O4/c1-5(13-7(11)3-9)4-12-6(10)2-8/h5H,2-4,8-9H2,1H3. The number of hydrogen-bond acceptors (Lipinski definition) is 6. The van der Waals surface area contributed by atoms with Gasteiger partial charge in [-0.05, 0) is 6.92 Å². The third-order valence-electron chi connectivity index (χ3n) is 1.14. The summed E-state index contributed by atoms with van der Waals surface area (Å²) >= 11 is 0. The van der Waals surface area contributed by atoms with Gasteiger partial charge in [-0.25, -0.2) is 0 Å². The van der Waals surface area contributed by atoms with Gasteiger partial charge >= 0.3 is 11.9 Å². The van der Waals surface area contributed by atoms with E-state index in [9.17, 15) is 9.59 Å². The molecule has 0 aliphatic carbocycles. The predicted octanol–water partition coefficient (Wildman–Crippen LogP) is -1.62. The number of ether oxygens (including phenoxy) is 2. The van der Waals surface area contributed by atoms with Gasteiger partial charge in [-0.1, -0.05) is 0 Å². The van der Waals surface area contributed by atoms with E-state index in [4.69, 9.17) is 16.2 Å². The molecule has 0 bridgehead atoms. The fourth-order valence-corrected chi connectivity index (χ4v) is 0.576. The van der Waals surface area contributed by atoms with Crippen LogP contribution in [0.4, 0.5) is 0 Å². The summed E-state index contributed by atoms with van der Waals surface area (Å²) in [5.74, 6) is -1.06. The van der Waals surface area contributed by atoms with Crippen molar-refractivity contribution >= 4 is 11.9 Å². The van der Waals surface area contributed by atoms with Crippen molar-refractivity contribution in [1.82, 2.24) is 0 Å². The molecule has 1 unspecified atom stereocenters. The number of carbonyl (C=O) groups is 2. The summed E-state index contributed by atoms with van der Waals surface area (Å²) in [6.45, 7) is 1.23. The van der Waals surface area contributed by atoms with E-state index < -0.39 is 18.0 Å².